The molecular formula is C14H16N4O2. The Bertz CT molecular complexity index is 559. The number of carbonyl (C=O) groups excluding carboxylic acids is 1. The van der Waals surface area contributed by atoms with Gasteiger partial charge in [0, 0.05) is 30.3 Å². The Hall–Kier alpha value is -2.21. The summed E-state index contributed by atoms with van der Waals surface area (Å²) in [5.74, 6) is 0.391. The summed E-state index contributed by atoms with van der Waals surface area (Å²) in [5.41, 5.74) is 1.58. The van der Waals surface area contributed by atoms with Crippen molar-refractivity contribution in [2.75, 3.05) is 19.8 Å². The van der Waals surface area contributed by atoms with Gasteiger partial charge in [-0.2, -0.15) is 0 Å². The van der Waals surface area contributed by atoms with Crippen LogP contribution in [0.3, 0.4) is 0 Å². The van der Waals surface area contributed by atoms with E-state index in [9.17, 15) is 4.79 Å². The third-order valence-electron chi connectivity index (χ3n) is 3.42. The van der Waals surface area contributed by atoms with Crippen LogP contribution >= 0.6 is 0 Å². The zero-order chi connectivity index (χ0) is 13.8. The van der Waals surface area contributed by atoms with Crippen LogP contribution in [0.5, 0.6) is 0 Å². The van der Waals surface area contributed by atoms with Crippen molar-refractivity contribution in [3.63, 3.8) is 0 Å². The van der Waals surface area contributed by atoms with Gasteiger partial charge < -0.3 is 10.1 Å². The van der Waals surface area contributed by atoms with E-state index in [2.05, 4.69) is 15.5 Å². The second-order valence-electron chi connectivity index (χ2n) is 4.86. The van der Waals surface area contributed by atoms with Gasteiger partial charge in [0.15, 0.2) is 0 Å². The summed E-state index contributed by atoms with van der Waals surface area (Å²) in [6, 6.07) is 7.35. The number of carbonyl (C=O) groups is 1. The summed E-state index contributed by atoms with van der Waals surface area (Å²) in [7, 11) is 0. The van der Waals surface area contributed by atoms with E-state index in [0.717, 1.165) is 25.3 Å². The third kappa shape index (κ3) is 2.85. The fourth-order valence-electron chi connectivity index (χ4n) is 2.20. The van der Waals surface area contributed by atoms with Crippen LogP contribution in [-0.4, -0.2) is 40.4 Å². The molecule has 1 aromatic carbocycles. The molecule has 0 aliphatic carbocycles. The van der Waals surface area contributed by atoms with Gasteiger partial charge in [-0.1, -0.05) is 0 Å². The normalized spacial score (nSPS) is 18.1. The van der Waals surface area contributed by atoms with Crippen molar-refractivity contribution in [1.82, 2.24) is 20.1 Å². The Morgan fingerprint density at radius 1 is 1.30 bits per heavy atom. The number of rotatable bonds is 4. The lowest BCUT2D eigenvalue weighted by atomic mass is 10.1. The summed E-state index contributed by atoms with van der Waals surface area (Å²) in [6.45, 7) is 2.22. The van der Waals surface area contributed by atoms with Gasteiger partial charge in [0.1, 0.15) is 12.7 Å². The topological polar surface area (TPSA) is 69.0 Å². The molecule has 20 heavy (non-hydrogen) atoms. The molecule has 0 unspecified atom stereocenters. The van der Waals surface area contributed by atoms with Crippen molar-refractivity contribution in [3.8, 4) is 5.69 Å². The van der Waals surface area contributed by atoms with E-state index in [1.54, 1.807) is 29.4 Å². The first kappa shape index (κ1) is 12.8. The van der Waals surface area contributed by atoms with Gasteiger partial charge in [0.25, 0.3) is 5.91 Å². The Morgan fingerprint density at radius 2 is 2.05 bits per heavy atom. The lowest BCUT2D eigenvalue weighted by molar-refractivity contribution is 0.0945. The molecule has 2 heterocycles. The van der Waals surface area contributed by atoms with Crippen LogP contribution in [0.2, 0.25) is 0 Å². The first-order chi connectivity index (χ1) is 9.83. The zero-order valence-corrected chi connectivity index (χ0v) is 11.0. The highest BCUT2D eigenvalue weighted by molar-refractivity contribution is 5.94. The second kappa shape index (κ2) is 5.83. The molecule has 1 amide bonds. The van der Waals surface area contributed by atoms with E-state index >= 15 is 0 Å². The molecule has 0 radical (unpaired) electrons. The fourth-order valence-corrected chi connectivity index (χ4v) is 2.20. The molecule has 3 rings (SSSR count). The van der Waals surface area contributed by atoms with E-state index < -0.39 is 0 Å². The average Bonchev–Trinajstić information content (AvgIpc) is 3.18. The maximum absolute atomic E-state index is 12.0. The average molecular weight is 272 g/mol. The third-order valence-corrected chi connectivity index (χ3v) is 3.42. The summed E-state index contributed by atoms with van der Waals surface area (Å²) < 4.78 is 7.08. The van der Waals surface area contributed by atoms with E-state index in [1.165, 1.54) is 0 Å². The van der Waals surface area contributed by atoms with Gasteiger partial charge in [-0.3, -0.25) is 9.36 Å². The molecule has 104 valence electrons. The summed E-state index contributed by atoms with van der Waals surface area (Å²) in [6.07, 6.45) is 4.26. The number of nitrogens with zero attached hydrogens (tertiary/aromatic N) is 3. The predicted molar refractivity (Wildman–Crippen MR) is 72.6 cm³/mol. The van der Waals surface area contributed by atoms with E-state index in [0.29, 0.717) is 18.0 Å². The van der Waals surface area contributed by atoms with Crippen molar-refractivity contribution >= 4 is 5.91 Å². The lowest BCUT2D eigenvalue weighted by Gasteiger charge is -2.10. The predicted octanol–water partition coefficient (Wildman–Crippen LogP) is 1.03. The first-order valence-corrected chi connectivity index (χ1v) is 6.64. The van der Waals surface area contributed by atoms with E-state index in [4.69, 9.17) is 4.74 Å². The molecule has 1 aliphatic heterocycles. The SMILES string of the molecule is O=C(NC[C@H]1CCOC1)c1ccc(-n2cnnc2)cc1. The van der Waals surface area contributed by atoms with Crippen LogP contribution in [0.4, 0.5) is 0 Å². The molecule has 2 aromatic rings. The Labute approximate surface area is 116 Å². The number of hydrogen-bond donors (Lipinski definition) is 1. The Morgan fingerprint density at radius 3 is 2.70 bits per heavy atom. The van der Waals surface area contributed by atoms with Crippen LogP contribution in [0.25, 0.3) is 5.69 Å². The van der Waals surface area contributed by atoms with Gasteiger partial charge >= 0.3 is 0 Å². The number of aromatic nitrogens is 3. The van der Waals surface area contributed by atoms with Crippen LogP contribution in [0.1, 0.15) is 16.8 Å². The van der Waals surface area contributed by atoms with Crippen molar-refractivity contribution < 1.29 is 9.53 Å². The van der Waals surface area contributed by atoms with Crippen LogP contribution in [0.15, 0.2) is 36.9 Å². The van der Waals surface area contributed by atoms with Crippen molar-refractivity contribution in [1.29, 1.82) is 0 Å². The fraction of sp³-hybridized carbons (Fsp3) is 0.357. The number of hydrogen-bond acceptors (Lipinski definition) is 4. The lowest BCUT2D eigenvalue weighted by Crippen LogP contribution is -2.29. The maximum atomic E-state index is 12.0. The van der Waals surface area contributed by atoms with Crippen LogP contribution < -0.4 is 5.32 Å². The molecular weight excluding hydrogens is 256 g/mol. The number of ether oxygens (including phenoxy) is 1. The molecule has 0 saturated carbocycles. The van der Waals surface area contributed by atoms with E-state index in [1.807, 2.05) is 12.1 Å². The molecule has 1 atom stereocenters. The molecule has 1 saturated heterocycles. The minimum absolute atomic E-state index is 0.0489. The highest BCUT2D eigenvalue weighted by atomic mass is 16.5. The molecule has 0 bridgehead atoms. The molecule has 1 aliphatic rings. The molecule has 6 heteroatoms. The van der Waals surface area contributed by atoms with Crippen molar-refractivity contribution in [2.45, 2.75) is 6.42 Å². The summed E-state index contributed by atoms with van der Waals surface area (Å²) in [5, 5.41) is 10.4. The standard InChI is InChI=1S/C14H16N4O2/c19-14(15-7-11-5-6-20-8-11)12-1-3-13(4-2-12)18-9-16-17-10-18/h1-4,9-11H,5-8H2,(H,15,19)/t11-/m1/s1. The smallest absolute Gasteiger partial charge is 0.251 e. The highest BCUT2D eigenvalue weighted by Gasteiger charge is 2.16. The monoisotopic (exact) mass is 272 g/mol. The largest absolute Gasteiger partial charge is 0.381 e. The molecule has 0 spiro atoms. The Balaban J connectivity index is 1.60. The molecule has 1 N–H and O–H groups in total. The quantitative estimate of drug-likeness (QED) is 0.902. The van der Waals surface area contributed by atoms with Crippen LogP contribution in [0, 0.1) is 5.92 Å². The van der Waals surface area contributed by atoms with Gasteiger partial charge in [0.2, 0.25) is 0 Å². The van der Waals surface area contributed by atoms with Gasteiger partial charge in [-0.25, -0.2) is 0 Å². The second-order valence-corrected chi connectivity index (χ2v) is 4.86. The number of amides is 1. The van der Waals surface area contributed by atoms with Crippen LogP contribution in [-0.2, 0) is 4.74 Å². The molecule has 1 fully saturated rings. The summed E-state index contributed by atoms with van der Waals surface area (Å²) >= 11 is 0. The van der Waals surface area contributed by atoms with E-state index in [-0.39, 0.29) is 5.91 Å². The van der Waals surface area contributed by atoms with Gasteiger partial charge in [-0.05, 0) is 30.7 Å². The first-order valence-electron chi connectivity index (χ1n) is 6.64. The summed E-state index contributed by atoms with van der Waals surface area (Å²) in [4.78, 5) is 12.0. The number of benzene rings is 1. The molecule has 1 aromatic heterocycles. The minimum Gasteiger partial charge on any atom is -0.381 e. The van der Waals surface area contributed by atoms with Gasteiger partial charge in [-0.15, -0.1) is 10.2 Å². The van der Waals surface area contributed by atoms with Crippen molar-refractivity contribution in [2.24, 2.45) is 5.92 Å². The highest BCUT2D eigenvalue weighted by Crippen LogP contribution is 2.12. The van der Waals surface area contributed by atoms with Gasteiger partial charge in [0.05, 0.1) is 6.61 Å². The minimum atomic E-state index is -0.0489. The van der Waals surface area contributed by atoms with Crippen molar-refractivity contribution in [3.05, 3.63) is 42.5 Å². The number of nitrogens with one attached hydrogen (secondary N) is 1. The Kier molecular flexibility index (Phi) is 3.73. The maximum Gasteiger partial charge on any atom is 0.251 e. The zero-order valence-electron chi connectivity index (χ0n) is 11.0. The molecule has 6 nitrogen and oxygen atoms in total.